The Morgan fingerprint density at radius 3 is 1.73 bits per heavy atom. The van der Waals surface area contributed by atoms with E-state index in [1.54, 1.807) is 57.2 Å². The molecule has 3 aliphatic heterocycles. The molecule has 7 aromatic rings. The lowest BCUT2D eigenvalue weighted by atomic mass is 9.95. The maximum Gasteiger partial charge on any atom is 0.348 e. The van der Waals surface area contributed by atoms with Crippen molar-refractivity contribution in [1.82, 2.24) is 29.5 Å². The first-order valence-corrected chi connectivity index (χ1v) is 20.5. The molecule has 0 spiro atoms. The SMILES string of the molecule is Cc1cc(-c2nn(C)c3cc4c(cc23)CCN(Cc2ccc(F)cc2)C(=O)N4O)ccn1.Cc1cc(C2=NCc3cc4c(cc32)CCN(Cc2ccc(F)cc2)C(=O)N4O)ccn1. The number of carbonyl (C=O) groups is 2. The summed E-state index contributed by atoms with van der Waals surface area (Å²) < 4.78 is 28.2. The molecule has 2 N–H and O–H groups in total. The van der Waals surface area contributed by atoms with Gasteiger partial charge in [0.05, 0.1) is 29.1 Å². The molecular weight excluding hydrogens is 805 g/mol. The van der Waals surface area contributed by atoms with Crippen LogP contribution >= 0.6 is 0 Å². The van der Waals surface area contributed by atoms with Gasteiger partial charge in [0.2, 0.25) is 0 Å². The van der Waals surface area contributed by atoms with E-state index in [1.165, 1.54) is 24.3 Å². The summed E-state index contributed by atoms with van der Waals surface area (Å²) >= 11 is 0. The maximum atomic E-state index is 13.2. The van der Waals surface area contributed by atoms with E-state index in [0.717, 1.165) is 83.3 Å². The molecule has 0 radical (unpaired) electrons. The van der Waals surface area contributed by atoms with Gasteiger partial charge in [-0.3, -0.25) is 30.1 Å². The average molecular weight is 848 g/mol. The number of halogens is 2. The first-order chi connectivity index (χ1) is 30.4. The predicted molar refractivity (Wildman–Crippen MR) is 234 cm³/mol. The van der Waals surface area contributed by atoms with Gasteiger partial charge in [0.15, 0.2) is 0 Å². The third kappa shape index (κ3) is 8.23. The lowest BCUT2D eigenvalue weighted by Crippen LogP contribution is -2.40. The van der Waals surface area contributed by atoms with Crippen LogP contribution in [0.25, 0.3) is 22.2 Å². The summed E-state index contributed by atoms with van der Waals surface area (Å²) in [5.74, 6) is -0.647. The monoisotopic (exact) mass is 847 g/mol. The third-order valence-electron chi connectivity index (χ3n) is 11.6. The van der Waals surface area contributed by atoms with E-state index in [4.69, 9.17) is 4.99 Å². The number of aryl methyl sites for hydroxylation is 3. The average Bonchev–Trinajstić information content (AvgIpc) is 3.79. The van der Waals surface area contributed by atoms with Crippen LogP contribution in [0.15, 0.2) is 114 Å². The second-order valence-electron chi connectivity index (χ2n) is 15.9. The van der Waals surface area contributed by atoms with Gasteiger partial charge in [-0.2, -0.15) is 15.2 Å². The minimum Gasteiger partial charge on any atom is -0.318 e. The number of amides is 4. The Morgan fingerprint density at radius 2 is 1.16 bits per heavy atom. The Balaban J connectivity index is 0.000000160. The highest BCUT2D eigenvalue weighted by molar-refractivity contribution is 6.15. The molecule has 0 atom stereocenters. The number of aromatic nitrogens is 4. The maximum absolute atomic E-state index is 13.2. The standard InChI is InChI=1S/C24H22FN5O2.C24H21FN4O2/c1-15-11-18(7-9-26-15)23-20-12-17-8-10-29(14-16-3-5-19(25)6-4-16)24(31)30(32)21(17)13-22(20)28(2)27-23;1-15-10-18(6-8-26-15)23-21-11-17-7-9-28(14-16-2-4-20(25)5-3-16)24(30)29(31)22(17)12-19(21)13-27-23/h3-7,9,11-13,32H,8,10,14H2,1-2H3;2-6,8,10-12,31H,7,9,13-14H2,1H3. The first kappa shape index (κ1) is 41.0. The largest absolute Gasteiger partial charge is 0.348 e. The molecule has 3 aromatic heterocycles. The number of hydroxylamine groups is 2. The predicted octanol–water partition coefficient (Wildman–Crippen LogP) is 8.71. The quantitative estimate of drug-likeness (QED) is 0.159. The van der Waals surface area contributed by atoms with Crippen molar-refractivity contribution in [1.29, 1.82) is 0 Å². The molecule has 0 saturated carbocycles. The zero-order valence-corrected chi connectivity index (χ0v) is 34.8. The number of aliphatic imine (C=N–C) groups is 1. The van der Waals surface area contributed by atoms with E-state index in [2.05, 4.69) is 15.1 Å². The van der Waals surface area contributed by atoms with Gasteiger partial charge < -0.3 is 9.80 Å². The highest BCUT2D eigenvalue weighted by Crippen LogP contribution is 2.36. The Labute approximate surface area is 361 Å². The molecule has 0 unspecified atom stereocenters. The van der Waals surface area contributed by atoms with Crippen molar-refractivity contribution in [2.75, 3.05) is 23.2 Å². The molecule has 15 heteroatoms. The van der Waals surface area contributed by atoms with Crippen molar-refractivity contribution in [3.05, 3.63) is 171 Å². The summed E-state index contributed by atoms with van der Waals surface area (Å²) in [7, 11) is 1.84. The number of carbonyl (C=O) groups excluding carboxylic acids is 2. The van der Waals surface area contributed by atoms with Crippen molar-refractivity contribution in [2.24, 2.45) is 12.0 Å². The summed E-state index contributed by atoms with van der Waals surface area (Å²) in [5, 5.41) is 28.5. The molecule has 0 fully saturated rings. The highest BCUT2D eigenvalue weighted by Gasteiger charge is 2.31. The fraction of sp³-hybridized carbons (Fsp3) is 0.208. The summed E-state index contributed by atoms with van der Waals surface area (Å²) in [4.78, 5) is 42.2. The van der Waals surface area contributed by atoms with Gasteiger partial charge in [-0.15, -0.1) is 0 Å². The van der Waals surface area contributed by atoms with Gasteiger partial charge in [-0.05, 0) is 127 Å². The van der Waals surface area contributed by atoms with Gasteiger partial charge in [-0.1, -0.05) is 24.3 Å². The van der Waals surface area contributed by atoms with Crippen LogP contribution in [0.4, 0.5) is 29.7 Å². The lowest BCUT2D eigenvalue weighted by Gasteiger charge is -2.24. The number of hydrogen-bond acceptors (Lipinski definition) is 8. The van der Waals surface area contributed by atoms with Crippen molar-refractivity contribution in [3.63, 3.8) is 0 Å². The van der Waals surface area contributed by atoms with Crippen molar-refractivity contribution >= 4 is 40.1 Å². The molecule has 0 aliphatic carbocycles. The summed E-state index contributed by atoms with van der Waals surface area (Å²) in [6.07, 6.45) is 4.69. The summed E-state index contributed by atoms with van der Waals surface area (Å²) in [5.41, 5.74) is 12.6. The molecule has 4 amide bonds. The molecule has 0 bridgehead atoms. The Morgan fingerprint density at radius 1 is 0.635 bits per heavy atom. The molecule has 3 aliphatic rings. The van der Waals surface area contributed by atoms with Crippen LogP contribution in [0.3, 0.4) is 0 Å². The molecule has 0 saturated heterocycles. The molecule has 6 heterocycles. The van der Waals surface area contributed by atoms with Crippen LogP contribution < -0.4 is 10.1 Å². The zero-order valence-electron chi connectivity index (χ0n) is 34.8. The lowest BCUT2D eigenvalue weighted by molar-refractivity contribution is 0.167. The number of nitrogens with zero attached hydrogens (tertiary/aromatic N) is 9. The van der Waals surface area contributed by atoms with E-state index in [0.29, 0.717) is 55.5 Å². The fourth-order valence-electron chi connectivity index (χ4n) is 8.34. The topological polar surface area (TPSA) is 144 Å². The van der Waals surface area contributed by atoms with Crippen LogP contribution in [0, 0.1) is 25.5 Å². The van der Waals surface area contributed by atoms with E-state index < -0.39 is 12.1 Å². The smallest absolute Gasteiger partial charge is 0.318 e. The third-order valence-corrected chi connectivity index (χ3v) is 11.6. The normalized spacial score (nSPS) is 14.7. The van der Waals surface area contributed by atoms with E-state index in [9.17, 15) is 28.8 Å². The van der Waals surface area contributed by atoms with Crippen LogP contribution in [-0.2, 0) is 39.5 Å². The Hall–Kier alpha value is -7.36. The molecule has 13 nitrogen and oxygen atoms in total. The van der Waals surface area contributed by atoms with Gasteiger partial charge in [0.25, 0.3) is 0 Å². The first-order valence-electron chi connectivity index (χ1n) is 20.5. The van der Waals surface area contributed by atoms with Gasteiger partial charge in [0, 0.05) is 79.1 Å². The number of urea groups is 2. The number of rotatable bonds is 6. The number of benzene rings is 4. The van der Waals surface area contributed by atoms with Crippen molar-refractivity contribution in [2.45, 2.75) is 46.3 Å². The summed E-state index contributed by atoms with van der Waals surface area (Å²) in [6.45, 7) is 5.84. The molecule has 318 valence electrons. The highest BCUT2D eigenvalue weighted by atomic mass is 19.1. The molecule has 10 rings (SSSR count). The van der Waals surface area contributed by atoms with Gasteiger partial charge >= 0.3 is 12.1 Å². The Bertz CT molecular complexity index is 2940. The van der Waals surface area contributed by atoms with Crippen molar-refractivity contribution in [3.8, 4) is 11.3 Å². The molecular formula is C48H43F2N9O4. The van der Waals surface area contributed by atoms with E-state index in [1.807, 2.05) is 63.4 Å². The van der Waals surface area contributed by atoms with E-state index in [-0.39, 0.29) is 18.2 Å². The second-order valence-corrected chi connectivity index (χ2v) is 15.9. The van der Waals surface area contributed by atoms with E-state index >= 15 is 0 Å². The number of anilines is 2. The second kappa shape index (κ2) is 16.8. The fourth-order valence-corrected chi connectivity index (χ4v) is 8.34. The summed E-state index contributed by atoms with van der Waals surface area (Å²) in [6, 6.07) is 26.6. The van der Waals surface area contributed by atoms with Crippen molar-refractivity contribution < 1.29 is 28.8 Å². The van der Waals surface area contributed by atoms with Crippen LogP contribution in [0.1, 0.15) is 50.3 Å². The number of hydrogen-bond donors (Lipinski definition) is 2. The van der Waals surface area contributed by atoms with Crippen LogP contribution in [0.2, 0.25) is 0 Å². The van der Waals surface area contributed by atoms with Gasteiger partial charge in [-0.25, -0.2) is 18.4 Å². The Kier molecular flexibility index (Phi) is 11.0. The minimum atomic E-state index is -0.514. The molecule has 63 heavy (non-hydrogen) atoms. The zero-order chi connectivity index (χ0) is 43.9. The van der Waals surface area contributed by atoms with Crippen LogP contribution in [0.5, 0.6) is 0 Å². The minimum absolute atomic E-state index is 0.285. The van der Waals surface area contributed by atoms with Gasteiger partial charge in [0.1, 0.15) is 17.3 Å². The number of fused-ring (bicyclic) bond motifs is 4. The molecule has 4 aromatic carbocycles. The van der Waals surface area contributed by atoms with Crippen LogP contribution in [-0.4, -0.2) is 70.8 Å². The number of pyridine rings is 2.